The molecule has 10 N–H and O–H groups in total. The Morgan fingerprint density at radius 2 is 1.51 bits per heavy atom. The van der Waals surface area contributed by atoms with Crippen LogP contribution in [0.2, 0.25) is 0 Å². The molecule has 2 saturated heterocycles. The van der Waals surface area contributed by atoms with Crippen LogP contribution >= 0.6 is 0 Å². The number of aliphatic hydroxyl groups excluding tert-OH is 10. The SMILES string of the molecule is C[C@@H]1O[C@@H](OC[C@H]2O[C@@H](OC3=C(C4CC=C(O)C(O)C4)OC4CC(O)CC(O)C4C3=O)[C@H](O)[C@@H](O)[C@H]2O)[C@H](O)[C@H](O)[C@H]1O. The average Bonchev–Trinajstić information content (AvgIpc) is 2.96. The van der Waals surface area contributed by atoms with Gasteiger partial charge < -0.3 is 74.7 Å². The first-order valence-electron chi connectivity index (χ1n) is 14.3. The van der Waals surface area contributed by atoms with E-state index in [1.807, 2.05) is 0 Å². The first kappa shape index (κ1) is 32.5. The van der Waals surface area contributed by atoms with Crippen molar-refractivity contribution in [1.29, 1.82) is 0 Å². The van der Waals surface area contributed by atoms with Crippen LogP contribution in [0.1, 0.15) is 32.6 Å². The molecule has 3 heterocycles. The first-order chi connectivity index (χ1) is 20.3. The maximum Gasteiger partial charge on any atom is 0.229 e. The van der Waals surface area contributed by atoms with E-state index < -0.39 is 116 Å². The maximum atomic E-state index is 13.7. The van der Waals surface area contributed by atoms with E-state index >= 15 is 0 Å². The van der Waals surface area contributed by atoms with Crippen LogP contribution in [-0.2, 0) is 28.5 Å². The topological polar surface area (TPSA) is 266 Å². The van der Waals surface area contributed by atoms with Gasteiger partial charge in [-0.05, 0) is 25.8 Å². The number of allylic oxidation sites excluding steroid dienone is 3. The highest BCUT2D eigenvalue weighted by molar-refractivity contribution is 5.97. The summed E-state index contributed by atoms with van der Waals surface area (Å²) in [5.74, 6) is -3.30. The van der Waals surface area contributed by atoms with E-state index in [4.69, 9.17) is 23.7 Å². The Hall–Kier alpha value is -1.93. The third-order valence-electron chi connectivity index (χ3n) is 8.83. The fourth-order valence-corrected chi connectivity index (χ4v) is 6.24. The Kier molecular flexibility index (Phi) is 9.68. The summed E-state index contributed by atoms with van der Waals surface area (Å²) >= 11 is 0. The minimum atomic E-state index is -1.89. The standard InChI is InChI=1S/C27H40O16/c1-8-17(32)20(35)22(37)26(40-8)39-7-15-18(33)21(36)23(38)27(42-15)43-25-19(34)16-13(31)5-10(28)6-14(16)41-24(25)9-2-3-11(29)12(30)4-9/h3,8-10,12-18,20-23,26-33,35-38H,2,4-7H2,1H3/t8-,9?,10?,12?,13?,14?,15+,16?,17-,18-,20+,21-,22+,23+,26+,27-/m0/s1. The number of ether oxygens (including phenoxy) is 5. The zero-order valence-corrected chi connectivity index (χ0v) is 23.3. The summed E-state index contributed by atoms with van der Waals surface area (Å²) in [6.07, 6.45) is -18.7. The molecule has 0 bridgehead atoms. The summed E-state index contributed by atoms with van der Waals surface area (Å²) < 4.78 is 28.4. The highest BCUT2D eigenvalue weighted by Gasteiger charge is 2.52. The van der Waals surface area contributed by atoms with E-state index in [1.54, 1.807) is 0 Å². The maximum absolute atomic E-state index is 13.7. The second-order valence-corrected chi connectivity index (χ2v) is 11.9. The van der Waals surface area contributed by atoms with Crippen LogP contribution in [0, 0.1) is 11.8 Å². The van der Waals surface area contributed by atoms with Gasteiger partial charge in [0.25, 0.3) is 0 Å². The van der Waals surface area contributed by atoms with E-state index in [0.29, 0.717) is 0 Å². The molecule has 0 spiro atoms. The van der Waals surface area contributed by atoms with Crippen LogP contribution in [0.25, 0.3) is 0 Å². The largest absolute Gasteiger partial charge is 0.510 e. The summed E-state index contributed by atoms with van der Waals surface area (Å²) in [4.78, 5) is 13.7. The molecule has 16 nitrogen and oxygen atoms in total. The van der Waals surface area contributed by atoms with Crippen molar-refractivity contribution in [2.24, 2.45) is 11.8 Å². The number of hydrogen-bond donors (Lipinski definition) is 10. The normalized spacial score (nSPS) is 49.2. The minimum Gasteiger partial charge on any atom is -0.510 e. The van der Waals surface area contributed by atoms with E-state index in [-0.39, 0.29) is 37.2 Å². The lowest BCUT2D eigenvalue weighted by Gasteiger charge is -2.45. The molecule has 5 aliphatic rings. The van der Waals surface area contributed by atoms with Gasteiger partial charge in [0.05, 0.1) is 30.8 Å². The van der Waals surface area contributed by atoms with Gasteiger partial charge in [0.15, 0.2) is 6.29 Å². The smallest absolute Gasteiger partial charge is 0.229 e. The predicted molar refractivity (Wildman–Crippen MR) is 137 cm³/mol. The monoisotopic (exact) mass is 620 g/mol. The Labute approximate surface area is 245 Å². The van der Waals surface area contributed by atoms with Crippen LogP contribution in [-0.4, -0.2) is 149 Å². The van der Waals surface area contributed by atoms with Crippen LogP contribution < -0.4 is 0 Å². The van der Waals surface area contributed by atoms with Gasteiger partial charge in [-0.15, -0.1) is 0 Å². The lowest BCUT2D eigenvalue weighted by atomic mass is 9.76. The average molecular weight is 621 g/mol. The molecule has 3 fully saturated rings. The van der Waals surface area contributed by atoms with Gasteiger partial charge in [-0.2, -0.15) is 0 Å². The molecule has 0 amide bonds. The molecule has 3 aliphatic heterocycles. The van der Waals surface area contributed by atoms with Crippen molar-refractivity contribution in [3.8, 4) is 0 Å². The third kappa shape index (κ3) is 6.29. The summed E-state index contributed by atoms with van der Waals surface area (Å²) in [6.45, 7) is 0.885. The molecule has 43 heavy (non-hydrogen) atoms. The molecule has 1 saturated carbocycles. The summed E-state index contributed by atoms with van der Waals surface area (Å²) in [5.41, 5.74) is 0. The summed E-state index contributed by atoms with van der Waals surface area (Å²) in [5, 5.41) is 103. The fraction of sp³-hybridized carbons (Fsp3) is 0.815. The van der Waals surface area contributed by atoms with Gasteiger partial charge in [-0.3, -0.25) is 4.79 Å². The molecule has 244 valence electrons. The number of carbonyl (C=O) groups is 1. The van der Waals surface area contributed by atoms with Crippen LogP contribution in [0.3, 0.4) is 0 Å². The molecule has 2 aliphatic carbocycles. The van der Waals surface area contributed by atoms with Crippen molar-refractivity contribution in [3.63, 3.8) is 0 Å². The van der Waals surface area contributed by atoms with Crippen LogP contribution in [0.15, 0.2) is 23.4 Å². The second-order valence-electron chi connectivity index (χ2n) is 11.9. The first-order valence-corrected chi connectivity index (χ1v) is 14.3. The van der Waals surface area contributed by atoms with Crippen LogP contribution in [0.4, 0.5) is 0 Å². The second kappa shape index (κ2) is 12.8. The lowest BCUT2D eigenvalue weighted by Crippen LogP contribution is -2.61. The number of rotatable bonds is 6. The highest BCUT2D eigenvalue weighted by atomic mass is 16.7. The van der Waals surface area contributed by atoms with Gasteiger partial charge in [-0.25, -0.2) is 0 Å². The van der Waals surface area contributed by atoms with Gasteiger partial charge in [0.1, 0.15) is 66.5 Å². The van der Waals surface area contributed by atoms with E-state index in [1.165, 1.54) is 13.0 Å². The third-order valence-corrected chi connectivity index (χ3v) is 8.83. The molecule has 0 aromatic carbocycles. The van der Waals surface area contributed by atoms with Crippen molar-refractivity contribution in [3.05, 3.63) is 23.4 Å². The van der Waals surface area contributed by atoms with Crippen LogP contribution in [0.5, 0.6) is 0 Å². The Morgan fingerprint density at radius 1 is 0.837 bits per heavy atom. The zero-order chi connectivity index (χ0) is 31.3. The lowest BCUT2D eigenvalue weighted by molar-refractivity contribution is -0.324. The Morgan fingerprint density at radius 3 is 2.21 bits per heavy atom. The fourth-order valence-electron chi connectivity index (χ4n) is 6.24. The molecule has 16 atom stereocenters. The number of hydrogen-bond acceptors (Lipinski definition) is 16. The molecular weight excluding hydrogens is 580 g/mol. The predicted octanol–water partition coefficient (Wildman–Crippen LogP) is -3.82. The van der Waals surface area contributed by atoms with Crippen molar-refractivity contribution in [2.45, 2.75) is 118 Å². The molecule has 6 unspecified atom stereocenters. The van der Waals surface area contributed by atoms with Gasteiger partial charge in [0, 0.05) is 18.8 Å². The molecule has 0 radical (unpaired) electrons. The molecule has 0 aromatic rings. The van der Waals surface area contributed by atoms with E-state index in [9.17, 15) is 55.9 Å². The van der Waals surface area contributed by atoms with Gasteiger partial charge >= 0.3 is 0 Å². The summed E-state index contributed by atoms with van der Waals surface area (Å²) in [7, 11) is 0. The van der Waals surface area contributed by atoms with Gasteiger partial charge in [-0.1, -0.05) is 0 Å². The van der Waals surface area contributed by atoms with E-state index in [0.717, 1.165) is 0 Å². The molecule has 16 heteroatoms. The van der Waals surface area contributed by atoms with Crippen molar-refractivity contribution < 1.29 is 79.5 Å². The number of Topliss-reactive ketones (excluding diaryl/α,β-unsaturated/α-hetero) is 1. The number of carbonyl (C=O) groups excluding carboxylic acids is 1. The minimum absolute atomic E-state index is 0.0346. The van der Waals surface area contributed by atoms with Crippen molar-refractivity contribution in [1.82, 2.24) is 0 Å². The van der Waals surface area contributed by atoms with Gasteiger partial charge in [0.2, 0.25) is 17.8 Å². The summed E-state index contributed by atoms with van der Waals surface area (Å²) in [6, 6.07) is 0. The number of ketones is 1. The Balaban J connectivity index is 1.38. The molecule has 0 aromatic heterocycles. The van der Waals surface area contributed by atoms with E-state index in [2.05, 4.69) is 0 Å². The number of aliphatic hydroxyl groups is 10. The van der Waals surface area contributed by atoms with Crippen molar-refractivity contribution in [2.75, 3.05) is 6.61 Å². The Bertz CT molecular complexity index is 1080. The number of fused-ring (bicyclic) bond motifs is 1. The zero-order valence-electron chi connectivity index (χ0n) is 23.3. The molecule has 5 rings (SSSR count). The van der Waals surface area contributed by atoms with Crippen molar-refractivity contribution >= 4 is 5.78 Å². The quantitative estimate of drug-likeness (QED) is 0.136. The molecular formula is C27H40O16. The highest BCUT2D eigenvalue weighted by Crippen LogP contribution is 2.43.